The van der Waals surface area contributed by atoms with Gasteiger partial charge in [0.1, 0.15) is 5.75 Å². The topological polar surface area (TPSA) is 38.3 Å². The first-order valence-corrected chi connectivity index (χ1v) is 3.98. The first-order valence-electron chi connectivity index (χ1n) is 3.98. The van der Waals surface area contributed by atoms with E-state index in [1.807, 2.05) is 0 Å². The molecule has 1 amide bonds. The number of alkyl halides is 3. The number of carbonyl (C=O) groups is 1. The van der Waals surface area contributed by atoms with Crippen molar-refractivity contribution in [3.8, 4) is 5.75 Å². The van der Waals surface area contributed by atoms with E-state index in [0.717, 1.165) is 6.07 Å². The highest BCUT2D eigenvalue weighted by atomic mass is 19.4. The van der Waals surface area contributed by atoms with Crippen LogP contribution in [0.15, 0.2) is 18.2 Å². The normalized spacial score (nSPS) is 10.9. The minimum absolute atomic E-state index is 0.254. The zero-order chi connectivity index (χ0) is 11.5. The van der Waals surface area contributed by atoms with Crippen LogP contribution in [0.25, 0.3) is 0 Å². The van der Waals surface area contributed by atoms with Gasteiger partial charge in [-0.3, -0.25) is 4.79 Å². The number of amides is 1. The van der Waals surface area contributed by atoms with E-state index in [9.17, 15) is 18.0 Å². The minimum atomic E-state index is -4.73. The summed E-state index contributed by atoms with van der Waals surface area (Å²) in [5, 5.41) is 2.25. The lowest BCUT2D eigenvalue weighted by atomic mass is 10.2. The predicted molar refractivity (Wildman–Crippen MR) is 47.5 cm³/mol. The third kappa shape index (κ3) is 3.88. The van der Waals surface area contributed by atoms with Crippen molar-refractivity contribution >= 4 is 12.1 Å². The van der Waals surface area contributed by atoms with Gasteiger partial charge in [0.25, 0.3) is 0 Å². The van der Waals surface area contributed by atoms with Crippen LogP contribution in [0, 0.1) is 6.92 Å². The molecule has 0 heterocycles. The first-order chi connectivity index (χ1) is 6.90. The fraction of sp³-hybridized carbons (Fsp3) is 0.222. The zero-order valence-electron chi connectivity index (χ0n) is 7.76. The number of rotatable bonds is 3. The molecule has 0 unspecified atom stereocenters. The minimum Gasteiger partial charge on any atom is -0.406 e. The van der Waals surface area contributed by atoms with Crippen LogP contribution >= 0.6 is 0 Å². The number of ether oxygens (including phenoxy) is 1. The summed E-state index contributed by atoms with van der Waals surface area (Å²) >= 11 is 0. The second-order valence-corrected chi connectivity index (χ2v) is 2.84. The van der Waals surface area contributed by atoms with Gasteiger partial charge >= 0.3 is 6.36 Å². The van der Waals surface area contributed by atoms with Crippen molar-refractivity contribution < 1.29 is 22.7 Å². The Morgan fingerprint density at radius 1 is 1.33 bits per heavy atom. The van der Waals surface area contributed by atoms with Crippen LogP contribution < -0.4 is 10.1 Å². The number of anilines is 1. The number of hydrogen-bond acceptors (Lipinski definition) is 2. The number of benzene rings is 1. The summed E-state index contributed by atoms with van der Waals surface area (Å²) < 4.78 is 39.3. The molecule has 0 fully saturated rings. The lowest BCUT2D eigenvalue weighted by Gasteiger charge is -2.10. The Labute approximate surface area is 83.8 Å². The highest BCUT2D eigenvalue weighted by Gasteiger charge is 2.31. The van der Waals surface area contributed by atoms with Gasteiger partial charge in [-0.25, -0.2) is 0 Å². The molecule has 0 spiro atoms. The fourth-order valence-corrected chi connectivity index (χ4v) is 1.09. The van der Waals surface area contributed by atoms with E-state index < -0.39 is 6.36 Å². The Balaban J connectivity index is 2.93. The average Bonchev–Trinajstić information content (AvgIpc) is 1.99. The van der Waals surface area contributed by atoms with Gasteiger partial charge in [0.15, 0.2) is 0 Å². The van der Waals surface area contributed by atoms with Crippen LogP contribution in [0.3, 0.4) is 0 Å². The molecule has 82 valence electrons. The van der Waals surface area contributed by atoms with E-state index in [2.05, 4.69) is 10.1 Å². The highest BCUT2D eigenvalue weighted by molar-refractivity contribution is 5.72. The number of aryl methyl sites for hydroxylation is 1. The Hall–Kier alpha value is -1.72. The monoisotopic (exact) mass is 219 g/mol. The maximum atomic E-state index is 11.9. The number of carbonyl (C=O) groups excluding carboxylic acids is 1. The van der Waals surface area contributed by atoms with Gasteiger partial charge in [-0.2, -0.15) is 0 Å². The van der Waals surface area contributed by atoms with Crippen LogP contribution in [0.5, 0.6) is 5.75 Å². The van der Waals surface area contributed by atoms with Gasteiger partial charge in [-0.1, -0.05) is 0 Å². The Morgan fingerprint density at radius 2 is 2.00 bits per heavy atom. The molecule has 0 radical (unpaired) electrons. The molecule has 15 heavy (non-hydrogen) atoms. The molecule has 3 nitrogen and oxygen atoms in total. The van der Waals surface area contributed by atoms with Crippen molar-refractivity contribution in [1.29, 1.82) is 0 Å². The summed E-state index contributed by atoms with van der Waals surface area (Å²) in [5.41, 5.74) is 0.811. The van der Waals surface area contributed by atoms with E-state index in [1.54, 1.807) is 6.92 Å². The molecule has 0 bridgehead atoms. The molecule has 0 saturated heterocycles. The van der Waals surface area contributed by atoms with Crippen molar-refractivity contribution in [3.05, 3.63) is 23.8 Å². The molecule has 0 aliphatic carbocycles. The van der Waals surface area contributed by atoms with Crippen molar-refractivity contribution in [2.45, 2.75) is 13.3 Å². The third-order valence-corrected chi connectivity index (χ3v) is 1.51. The van der Waals surface area contributed by atoms with Crippen LogP contribution in [0.4, 0.5) is 18.9 Å². The predicted octanol–water partition coefficient (Wildman–Crippen LogP) is 2.46. The van der Waals surface area contributed by atoms with Gasteiger partial charge in [0.05, 0.1) is 0 Å². The molecular formula is C9H8F3NO2. The van der Waals surface area contributed by atoms with E-state index in [-0.39, 0.29) is 11.4 Å². The highest BCUT2D eigenvalue weighted by Crippen LogP contribution is 2.26. The maximum absolute atomic E-state index is 11.9. The second-order valence-electron chi connectivity index (χ2n) is 2.84. The molecule has 0 saturated carbocycles. The smallest absolute Gasteiger partial charge is 0.406 e. The van der Waals surface area contributed by atoms with Gasteiger partial charge < -0.3 is 10.1 Å². The van der Waals surface area contributed by atoms with E-state index >= 15 is 0 Å². The van der Waals surface area contributed by atoms with Crippen molar-refractivity contribution in [2.24, 2.45) is 0 Å². The molecule has 0 aromatic heterocycles. The lowest BCUT2D eigenvalue weighted by molar-refractivity contribution is -0.274. The molecule has 1 aromatic rings. The number of hydrogen-bond donors (Lipinski definition) is 1. The SMILES string of the molecule is Cc1cc(NC=O)cc(OC(F)(F)F)c1. The Morgan fingerprint density at radius 3 is 2.53 bits per heavy atom. The van der Waals surface area contributed by atoms with Crippen molar-refractivity contribution in [1.82, 2.24) is 0 Å². The summed E-state index contributed by atoms with van der Waals surface area (Å²) in [5.74, 6) is -0.355. The summed E-state index contributed by atoms with van der Waals surface area (Å²) in [7, 11) is 0. The molecule has 1 N–H and O–H groups in total. The zero-order valence-corrected chi connectivity index (χ0v) is 7.76. The van der Waals surface area contributed by atoms with Crippen molar-refractivity contribution in [3.63, 3.8) is 0 Å². The lowest BCUT2D eigenvalue weighted by Crippen LogP contribution is -2.17. The molecule has 6 heteroatoms. The number of nitrogens with one attached hydrogen (secondary N) is 1. The molecule has 0 aliphatic rings. The Kier molecular flexibility index (Phi) is 3.18. The summed E-state index contributed by atoms with van der Waals surface area (Å²) in [4.78, 5) is 10.1. The number of halogens is 3. The Bertz CT molecular complexity index is 363. The molecule has 0 aliphatic heterocycles. The van der Waals surface area contributed by atoms with E-state index in [1.165, 1.54) is 12.1 Å². The summed E-state index contributed by atoms with van der Waals surface area (Å²) in [6.07, 6.45) is -4.35. The van der Waals surface area contributed by atoms with Crippen LogP contribution in [-0.4, -0.2) is 12.8 Å². The fourth-order valence-electron chi connectivity index (χ4n) is 1.09. The molecule has 1 aromatic carbocycles. The van der Waals surface area contributed by atoms with Crippen LogP contribution in [0.1, 0.15) is 5.56 Å². The largest absolute Gasteiger partial charge is 0.573 e. The summed E-state index contributed by atoms with van der Waals surface area (Å²) in [6.45, 7) is 1.60. The van der Waals surface area contributed by atoms with Gasteiger partial charge in [0, 0.05) is 11.8 Å². The second kappa shape index (κ2) is 4.20. The maximum Gasteiger partial charge on any atom is 0.573 e. The first kappa shape index (κ1) is 11.4. The van der Waals surface area contributed by atoms with Crippen LogP contribution in [-0.2, 0) is 4.79 Å². The molecule has 1 rings (SSSR count). The van der Waals surface area contributed by atoms with Gasteiger partial charge in [-0.05, 0) is 24.6 Å². The van der Waals surface area contributed by atoms with Crippen LogP contribution in [0.2, 0.25) is 0 Å². The van der Waals surface area contributed by atoms with Gasteiger partial charge in [-0.15, -0.1) is 13.2 Å². The molecular weight excluding hydrogens is 211 g/mol. The van der Waals surface area contributed by atoms with Gasteiger partial charge in [0.2, 0.25) is 6.41 Å². The van der Waals surface area contributed by atoms with E-state index in [4.69, 9.17) is 0 Å². The average molecular weight is 219 g/mol. The van der Waals surface area contributed by atoms with E-state index in [0.29, 0.717) is 12.0 Å². The third-order valence-electron chi connectivity index (χ3n) is 1.51. The van der Waals surface area contributed by atoms with Crippen molar-refractivity contribution in [2.75, 3.05) is 5.32 Å². The quantitative estimate of drug-likeness (QED) is 0.793. The standard InChI is InChI=1S/C9H8F3NO2/c1-6-2-7(13-5-14)4-8(3-6)15-9(10,11)12/h2-5H,1H3,(H,13,14). The summed E-state index contributed by atoms with van der Waals surface area (Å²) in [6, 6.07) is 3.84. The molecule has 0 atom stereocenters.